The zero-order valence-electron chi connectivity index (χ0n) is 12.6. The van der Waals surface area contributed by atoms with Crippen LogP contribution in [0.25, 0.3) is 0 Å². The molecule has 0 radical (unpaired) electrons. The van der Waals surface area contributed by atoms with Crippen molar-refractivity contribution in [3.8, 4) is 0 Å². The smallest absolute Gasteiger partial charge is 0.0443 e. The maximum atomic E-state index is 8.98. The van der Waals surface area contributed by atoms with E-state index in [1.807, 2.05) is 11.8 Å². The van der Waals surface area contributed by atoms with Crippen LogP contribution in [0.1, 0.15) is 56.2 Å². The van der Waals surface area contributed by atoms with Gasteiger partial charge in [0.25, 0.3) is 0 Å². The predicted octanol–water partition coefficient (Wildman–Crippen LogP) is 3.72. The van der Waals surface area contributed by atoms with Crippen molar-refractivity contribution in [2.45, 2.75) is 50.3 Å². The average Bonchev–Trinajstić information content (AvgIpc) is 2.47. The van der Waals surface area contributed by atoms with Crippen LogP contribution in [0.15, 0.2) is 24.3 Å². The van der Waals surface area contributed by atoms with Crippen molar-refractivity contribution < 1.29 is 5.11 Å². The van der Waals surface area contributed by atoms with Crippen molar-refractivity contribution in [1.82, 2.24) is 5.32 Å². The van der Waals surface area contributed by atoms with Gasteiger partial charge in [-0.25, -0.2) is 0 Å². The minimum Gasteiger partial charge on any atom is -0.396 e. The molecule has 0 heterocycles. The molecule has 2 nitrogen and oxygen atoms in total. The van der Waals surface area contributed by atoms with Gasteiger partial charge in [0, 0.05) is 17.9 Å². The first kappa shape index (κ1) is 15.9. The molecular weight excluding hydrogens is 266 g/mol. The van der Waals surface area contributed by atoms with Crippen LogP contribution in [0.5, 0.6) is 0 Å². The third-order valence-electron chi connectivity index (χ3n) is 4.07. The standard InChI is InChI=1S/C17H27NOS/c1-3-9-18-17-15-8-5-4-7-14(15)13(2)12-16(17)20-11-6-10-19/h4-5,7-8,13,16-19H,3,6,9-12H2,1-2H3. The summed E-state index contributed by atoms with van der Waals surface area (Å²) in [6.07, 6.45) is 3.30. The molecule has 3 atom stereocenters. The summed E-state index contributed by atoms with van der Waals surface area (Å²) in [4.78, 5) is 0. The summed E-state index contributed by atoms with van der Waals surface area (Å²) < 4.78 is 0. The summed E-state index contributed by atoms with van der Waals surface area (Å²) in [7, 11) is 0. The molecule has 0 saturated carbocycles. The number of nitrogens with one attached hydrogen (secondary N) is 1. The number of benzene rings is 1. The quantitative estimate of drug-likeness (QED) is 0.752. The topological polar surface area (TPSA) is 32.3 Å². The molecule has 0 spiro atoms. The molecule has 1 aromatic rings. The molecule has 2 rings (SSSR count). The Hall–Kier alpha value is -0.510. The zero-order valence-corrected chi connectivity index (χ0v) is 13.5. The summed E-state index contributed by atoms with van der Waals surface area (Å²) in [5.74, 6) is 1.69. The highest BCUT2D eigenvalue weighted by molar-refractivity contribution is 7.99. The van der Waals surface area contributed by atoms with Crippen molar-refractivity contribution in [2.24, 2.45) is 0 Å². The second-order valence-corrected chi connectivity index (χ2v) is 7.03. The number of fused-ring (bicyclic) bond motifs is 1. The molecule has 20 heavy (non-hydrogen) atoms. The van der Waals surface area contributed by atoms with E-state index in [1.54, 1.807) is 0 Å². The first-order valence-corrected chi connectivity index (χ1v) is 8.87. The van der Waals surface area contributed by atoms with E-state index < -0.39 is 0 Å². The highest BCUT2D eigenvalue weighted by Gasteiger charge is 2.32. The third kappa shape index (κ3) is 3.78. The second-order valence-electron chi connectivity index (χ2n) is 5.68. The molecule has 1 aliphatic carbocycles. The summed E-state index contributed by atoms with van der Waals surface area (Å²) in [5.41, 5.74) is 3.00. The van der Waals surface area contributed by atoms with E-state index in [9.17, 15) is 0 Å². The highest BCUT2D eigenvalue weighted by Crippen LogP contribution is 2.42. The lowest BCUT2D eigenvalue weighted by molar-refractivity contribution is 0.296. The van der Waals surface area contributed by atoms with Crippen LogP contribution in [0, 0.1) is 0 Å². The van der Waals surface area contributed by atoms with Crippen molar-refractivity contribution in [3.05, 3.63) is 35.4 Å². The number of thioether (sulfide) groups is 1. The molecule has 112 valence electrons. The Morgan fingerprint density at radius 1 is 1.30 bits per heavy atom. The molecule has 0 bridgehead atoms. The SMILES string of the molecule is CCCNC1c2ccccc2C(C)CC1SCCCO. The number of aliphatic hydroxyl groups is 1. The van der Waals surface area contributed by atoms with E-state index in [1.165, 1.54) is 24.0 Å². The largest absolute Gasteiger partial charge is 0.396 e. The lowest BCUT2D eigenvalue weighted by Crippen LogP contribution is -2.36. The van der Waals surface area contributed by atoms with Gasteiger partial charge in [-0.2, -0.15) is 11.8 Å². The minimum atomic E-state index is 0.304. The van der Waals surface area contributed by atoms with Crippen molar-refractivity contribution in [2.75, 3.05) is 18.9 Å². The van der Waals surface area contributed by atoms with Crippen LogP contribution in [-0.4, -0.2) is 29.3 Å². The van der Waals surface area contributed by atoms with E-state index in [2.05, 4.69) is 43.4 Å². The fourth-order valence-electron chi connectivity index (χ4n) is 3.06. The average molecular weight is 293 g/mol. The Morgan fingerprint density at radius 2 is 2.05 bits per heavy atom. The highest BCUT2D eigenvalue weighted by atomic mass is 32.2. The van der Waals surface area contributed by atoms with E-state index in [0.29, 0.717) is 23.8 Å². The van der Waals surface area contributed by atoms with Gasteiger partial charge in [-0.05, 0) is 48.6 Å². The molecule has 2 N–H and O–H groups in total. The van der Waals surface area contributed by atoms with E-state index in [0.717, 1.165) is 18.7 Å². The van der Waals surface area contributed by atoms with Crippen LogP contribution in [-0.2, 0) is 0 Å². The maximum Gasteiger partial charge on any atom is 0.0443 e. The maximum absolute atomic E-state index is 8.98. The summed E-state index contributed by atoms with van der Waals surface area (Å²) in [6, 6.07) is 9.36. The fourth-order valence-corrected chi connectivity index (χ4v) is 4.52. The number of rotatable bonds is 7. The minimum absolute atomic E-state index is 0.304. The molecule has 3 heteroatoms. The van der Waals surface area contributed by atoms with Crippen LogP contribution in [0.4, 0.5) is 0 Å². The number of hydrogen-bond donors (Lipinski definition) is 2. The number of aliphatic hydroxyl groups excluding tert-OH is 1. The Kier molecular flexibility index (Phi) is 6.40. The van der Waals surface area contributed by atoms with E-state index >= 15 is 0 Å². The first-order valence-electron chi connectivity index (χ1n) is 7.82. The first-order chi connectivity index (χ1) is 9.77. The third-order valence-corrected chi connectivity index (χ3v) is 5.49. The molecule has 0 saturated heterocycles. The Morgan fingerprint density at radius 3 is 2.75 bits per heavy atom. The predicted molar refractivity (Wildman–Crippen MR) is 88.5 cm³/mol. The van der Waals surface area contributed by atoms with Gasteiger partial charge in [-0.3, -0.25) is 0 Å². The molecular formula is C17H27NOS. The molecule has 1 aliphatic rings. The van der Waals surface area contributed by atoms with Crippen LogP contribution in [0.2, 0.25) is 0 Å². The molecule has 0 aliphatic heterocycles. The molecule has 1 aromatic carbocycles. The van der Waals surface area contributed by atoms with Crippen molar-refractivity contribution in [1.29, 1.82) is 0 Å². The molecule has 0 amide bonds. The van der Waals surface area contributed by atoms with Gasteiger partial charge < -0.3 is 10.4 Å². The van der Waals surface area contributed by atoms with Gasteiger partial charge in [0.05, 0.1) is 0 Å². The van der Waals surface area contributed by atoms with Gasteiger partial charge in [0.1, 0.15) is 0 Å². The van der Waals surface area contributed by atoms with Crippen LogP contribution < -0.4 is 5.32 Å². The summed E-state index contributed by atoms with van der Waals surface area (Å²) in [5, 5.41) is 13.3. The fraction of sp³-hybridized carbons (Fsp3) is 0.647. The molecule has 0 fully saturated rings. The molecule has 0 aromatic heterocycles. The van der Waals surface area contributed by atoms with Gasteiger partial charge >= 0.3 is 0 Å². The zero-order chi connectivity index (χ0) is 14.4. The van der Waals surface area contributed by atoms with E-state index in [-0.39, 0.29) is 0 Å². The second kappa shape index (κ2) is 8.06. The van der Waals surface area contributed by atoms with Crippen molar-refractivity contribution in [3.63, 3.8) is 0 Å². The molecule has 3 unspecified atom stereocenters. The van der Waals surface area contributed by atoms with Crippen LogP contribution in [0.3, 0.4) is 0 Å². The summed E-state index contributed by atoms with van der Waals surface area (Å²) in [6.45, 7) is 5.94. The van der Waals surface area contributed by atoms with Crippen molar-refractivity contribution >= 4 is 11.8 Å². The lowest BCUT2D eigenvalue weighted by atomic mass is 9.80. The summed E-state index contributed by atoms with van der Waals surface area (Å²) >= 11 is 2.03. The van der Waals surface area contributed by atoms with Gasteiger partial charge in [0.15, 0.2) is 0 Å². The lowest BCUT2D eigenvalue weighted by Gasteiger charge is -2.37. The van der Waals surface area contributed by atoms with Gasteiger partial charge in [-0.15, -0.1) is 0 Å². The Bertz CT molecular complexity index is 410. The Labute approximate surface area is 127 Å². The normalized spacial score (nSPS) is 25.4. The monoisotopic (exact) mass is 293 g/mol. The van der Waals surface area contributed by atoms with E-state index in [4.69, 9.17) is 5.11 Å². The Balaban J connectivity index is 2.15. The van der Waals surface area contributed by atoms with Gasteiger partial charge in [-0.1, -0.05) is 38.1 Å². The van der Waals surface area contributed by atoms with Crippen LogP contribution >= 0.6 is 11.8 Å². The number of hydrogen-bond acceptors (Lipinski definition) is 3. The van der Waals surface area contributed by atoms with Gasteiger partial charge in [0.2, 0.25) is 0 Å².